The molecule has 0 fully saturated rings. The van der Waals surface area contributed by atoms with Crippen LogP contribution in [0, 0.1) is 5.41 Å². The van der Waals surface area contributed by atoms with Gasteiger partial charge in [0.2, 0.25) is 5.88 Å². The molecule has 0 bridgehead atoms. The van der Waals surface area contributed by atoms with E-state index in [0.29, 0.717) is 5.56 Å². The SMILES string of the molecule is N=C(N)c1cc2c(nc1OCC(F)F)CCCC2. The zero-order chi connectivity index (χ0) is 13.1. The second kappa shape index (κ2) is 5.29. The summed E-state index contributed by atoms with van der Waals surface area (Å²) < 4.78 is 29.3. The van der Waals surface area contributed by atoms with Gasteiger partial charge in [0.1, 0.15) is 5.84 Å². The largest absolute Gasteiger partial charge is 0.471 e. The van der Waals surface area contributed by atoms with E-state index in [1.807, 2.05) is 0 Å². The van der Waals surface area contributed by atoms with Gasteiger partial charge in [-0.1, -0.05) is 0 Å². The van der Waals surface area contributed by atoms with Crippen LogP contribution in [0.25, 0.3) is 0 Å². The molecule has 0 amide bonds. The molecule has 18 heavy (non-hydrogen) atoms. The highest BCUT2D eigenvalue weighted by atomic mass is 19.3. The molecule has 0 atom stereocenters. The summed E-state index contributed by atoms with van der Waals surface area (Å²) in [7, 11) is 0. The molecule has 3 N–H and O–H groups in total. The van der Waals surface area contributed by atoms with E-state index in [2.05, 4.69) is 4.98 Å². The average molecular weight is 255 g/mol. The standard InChI is InChI=1S/C12H15F2N3O/c13-10(14)6-18-12-8(11(15)16)5-7-3-1-2-4-9(7)17-12/h5,10H,1-4,6H2,(H3,15,16). The van der Waals surface area contributed by atoms with E-state index >= 15 is 0 Å². The van der Waals surface area contributed by atoms with Gasteiger partial charge < -0.3 is 10.5 Å². The van der Waals surface area contributed by atoms with Gasteiger partial charge in [-0.3, -0.25) is 5.41 Å². The molecule has 4 nitrogen and oxygen atoms in total. The van der Waals surface area contributed by atoms with Gasteiger partial charge in [-0.05, 0) is 37.3 Å². The first-order valence-electron chi connectivity index (χ1n) is 5.86. The van der Waals surface area contributed by atoms with Crippen molar-refractivity contribution in [1.82, 2.24) is 4.98 Å². The van der Waals surface area contributed by atoms with E-state index in [0.717, 1.165) is 36.9 Å². The van der Waals surface area contributed by atoms with Gasteiger partial charge in [-0.15, -0.1) is 0 Å². The highest BCUT2D eigenvalue weighted by molar-refractivity contribution is 5.97. The fourth-order valence-electron chi connectivity index (χ4n) is 2.06. The molecular formula is C12H15F2N3O. The number of alkyl halides is 2. The number of amidine groups is 1. The first-order valence-corrected chi connectivity index (χ1v) is 5.86. The first kappa shape index (κ1) is 12.7. The van der Waals surface area contributed by atoms with Gasteiger partial charge in [0.25, 0.3) is 6.43 Å². The molecule has 0 aromatic carbocycles. The minimum absolute atomic E-state index is 0.0449. The normalized spacial score (nSPS) is 14.4. The molecular weight excluding hydrogens is 240 g/mol. The number of ether oxygens (including phenoxy) is 1. The molecule has 0 aliphatic heterocycles. The molecule has 0 spiro atoms. The van der Waals surface area contributed by atoms with Gasteiger partial charge in [0.05, 0.1) is 5.56 Å². The summed E-state index contributed by atoms with van der Waals surface area (Å²) in [4.78, 5) is 4.23. The molecule has 98 valence electrons. The topological polar surface area (TPSA) is 72.0 Å². The van der Waals surface area contributed by atoms with Gasteiger partial charge in [0.15, 0.2) is 6.61 Å². The second-order valence-corrected chi connectivity index (χ2v) is 4.27. The summed E-state index contributed by atoms with van der Waals surface area (Å²) in [5, 5.41) is 7.45. The Labute approximate surface area is 104 Å². The maximum absolute atomic E-state index is 12.2. The quantitative estimate of drug-likeness (QED) is 0.637. The minimum Gasteiger partial charge on any atom is -0.471 e. The average Bonchev–Trinajstić information content (AvgIpc) is 2.35. The lowest BCUT2D eigenvalue weighted by atomic mass is 9.95. The second-order valence-electron chi connectivity index (χ2n) is 4.27. The number of hydrogen-bond donors (Lipinski definition) is 2. The number of rotatable bonds is 4. The molecule has 1 aromatic rings. The van der Waals surface area contributed by atoms with Crippen molar-refractivity contribution in [2.45, 2.75) is 32.1 Å². The molecule has 0 saturated carbocycles. The number of nitrogen functional groups attached to an aromatic ring is 1. The highest BCUT2D eigenvalue weighted by Gasteiger charge is 2.18. The minimum atomic E-state index is -2.57. The van der Waals surface area contributed by atoms with Crippen molar-refractivity contribution in [2.75, 3.05) is 6.61 Å². The van der Waals surface area contributed by atoms with E-state index < -0.39 is 13.0 Å². The van der Waals surface area contributed by atoms with Crippen LogP contribution in [0.1, 0.15) is 29.7 Å². The van der Waals surface area contributed by atoms with Gasteiger partial charge >= 0.3 is 0 Å². The molecule has 1 aliphatic rings. The van der Waals surface area contributed by atoms with Crippen LogP contribution >= 0.6 is 0 Å². The summed E-state index contributed by atoms with van der Waals surface area (Å²) in [6.45, 7) is -0.730. The molecule has 0 unspecified atom stereocenters. The Morgan fingerprint density at radius 3 is 2.83 bits per heavy atom. The van der Waals surface area contributed by atoms with Crippen LogP contribution in [0.4, 0.5) is 8.78 Å². The van der Waals surface area contributed by atoms with Crippen LogP contribution in [0.5, 0.6) is 5.88 Å². The predicted molar refractivity (Wildman–Crippen MR) is 63.4 cm³/mol. The third-order valence-electron chi connectivity index (χ3n) is 2.90. The Kier molecular flexibility index (Phi) is 3.74. The van der Waals surface area contributed by atoms with Crippen LogP contribution in [-0.4, -0.2) is 23.9 Å². The summed E-state index contributed by atoms with van der Waals surface area (Å²) in [6, 6.07) is 1.74. The number of hydrogen-bond acceptors (Lipinski definition) is 3. The zero-order valence-electron chi connectivity index (χ0n) is 9.88. The molecule has 2 rings (SSSR count). The molecule has 6 heteroatoms. The smallest absolute Gasteiger partial charge is 0.272 e. The molecule has 1 aromatic heterocycles. The number of nitrogens with zero attached hydrogens (tertiary/aromatic N) is 1. The summed E-state index contributed by atoms with van der Waals surface area (Å²) in [5.41, 5.74) is 7.64. The molecule has 0 saturated heterocycles. The van der Waals surface area contributed by atoms with Crippen LogP contribution in [0.2, 0.25) is 0 Å². The monoisotopic (exact) mass is 255 g/mol. The third kappa shape index (κ3) is 2.75. The Bertz CT molecular complexity index is 463. The van der Waals surface area contributed by atoms with Gasteiger partial charge in [-0.2, -0.15) is 0 Å². The molecule has 1 heterocycles. The Morgan fingerprint density at radius 1 is 1.44 bits per heavy atom. The Hall–Kier alpha value is -1.72. The lowest BCUT2D eigenvalue weighted by Gasteiger charge is -2.18. The van der Waals surface area contributed by atoms with Crippen molar-refractivity contribution in [3.8, 4) is 5.88 Å². The number of fused-ring (bicyclic) bond motifs is 1. The fraction of sp³-hybridized carbons (Fsp3) is 0.500. The maximum atomic E-state index is 12.2. The Balaban J connectivity index is 2.33. The number of aromatic nitrogens is 1. The van der Waals surface area contributed by atoms with Crippen molar-refractivity contribution in [3.63, 3.8) is 0 Å². The van der Waals surface area contributed by atoms with E-state index in [9.17, 15) is 8.78 Å². The van der Waals surface area contributed by atoms with Crippen LogP contribution < -0.4 is 10.5 Å². The van der Waals surface area contributed by atoms with Crippen molar-refractivity contribution in [3.05, 3.63) is 22.9 Å². The van der Waals surface area contributed by atoms with Gasteiger partial charge in [0, 0.05) is 5.69 Å². The Morgan fingerprint density at radius 2 is 2.17 bits per heavy atom. The summed E-state index contributed by atoms with van der Waals surface area (Å²) in [5.74, 6) is -0.163. The lowest BCUT2D eigenvalue weighted by Crippen LogP contribution is -2.19. The number of nitrogens with one attached hydrogen (secondary N) is 1. The van der Waals surface area contributed by atoms with Crippen LogP contribution in [0.15, 0.2) is 6.07 Å². The number of pyridine rings is 1. The van der Waals surface area contributed by atoms with E-state index in [-0.39, 0.29) is 11.7 Å². The third-order valence-corrected chi connectivity index (χ3v) is 2.90. The van der Waals surface area contributed by atoms with E-state index in [4.69, 9.17) is 15.9 Å². The van der Waals surface area contributed by atoms with Crippen molar-refractivity contribution < 1.29 is 13.5 Å². The van der Waals surface area contributed by atoms with Crippen molar-refractivity contribution >= 4 is 5.84 Å². The maximum Gasteiger partial charge on any atom is 0.272 e. The summed E-state index contributed by atoms with van der Waals surface area (Å²) in [6.07, 6.45) is 1.25. The first-order chi connectivity index (χ1) is 8.58. The predicted octanol–water partition coefficient (Wildman–Crippen LogP) is 1.89. The zero-order valence-corrected chi connectivity index (χ0v) is 9.88. The van der Waals surface area contributed by atoms with Crippen LogP contribution in [-0.2, 0) is 12.8 Å². The van der Waals surface area contributed by atoms with Crippen molar-refractivity contribution in [1.29, 1.82) is 5.41 Å². The van der Waals surface area contributed by atoms with Gasteiger partial charge in [-0.25, -0.2) is 13.8 Å². The number of aryl methyl sites for hydroxylation is 2. The molecule has 0 radical (unpaired) electrons. The number of nitrogens with two attached hydrogens (primary N) is 1. The van der Waals surface area contributed by atoms with E-state index in [1.54, 1.807) is 6.07 Å². The van der Waals surface area contributed by atoms with Crippen molar-refractivity contribution in [2.24, 2.45) is 5.73 Å². The van der Waals surface area contributed by atoms with E-state index in [1.165, 1.54) is 0 Å². The molecule has 1 aliphatic carbocycles. The van der Waals surface area contributed by atoms with Crippen LogP contribution in [0.3, 0.4) is 0 Å². The number of halogens is 2. The fourth-order valence-corrected chi connectivity index (χ4v) is 2.06. The highest BCUT2D eigenvalue weighted by Crippen LogP contribution is 2.26. The summed E-state index contributed by atoms with van der Waals surface area (Å²) >= 11 is 0. The lowest BCUT2D eigenvalue weighted by molar-refractivity contribution is 0.0793.